The number of hydrogen-bond donors (Lipinski definition) is 1. The lowest BCUT2D eigenvalue weighted by Crippen LogP contribution is -2.19. The fraction of sp³-hybridized carbons (Fsp3) is 0.111. The molecule has 0 saturated carbocycles. The Morgan fingerprint density at radius 2 is 1.63 bits per heavy atom. The number of anilines is 4. The Balaban J connectivity index is 2.00. The van der Waals surface area contributed by atoms with Gasteiger partial charge in [0.2, 0.25) is 5.95 Å². The zero-order chi connectivity index (χ0) is 19.6. The van der Waals surface area contributed by atoms with Gasteiger partial charge in [-0.3, -0.25) is 0 Å². The summed E-state index contributed by atoms with van der Waals surface area (Å²) in [4.78, 5) is 9.04. The molecule has 0 amide bonds. The predicted octanol–water partition coefficient (Wildman–Crippen LogP) is 5.91. The summed E-state index contributed by atoms with van der Waals surface area (Å²) in [7, 11) is 1.42. The number of alkyl halides is 3. The first-order valence-corrected chi connectivity index (χ1v) is 8.49. The first-order chi connectivity index (χ1) is 12.7. The smallest absolute Gasteiger partial charge is 0.329 e. The first kappa shape index (κ1) is 19.1. The van der Waals surface area contributed by atoms with Gasteiger partial charge in [0.15, 0.2) is 5.82 Å². The molecule has 0 saturated heterocycles. The van der Waals surface area contributed by atoms with E-state index in [9.17, 15) is 17.6 Å². The summed E-state index contributed by atoms with van der Waals surface area (Å²) < 4.78 is 54.2. The number of halogens is 5. The van der Waals surface area contributed by atoms with E-state index in [1.165, 1.54) is 36.2 Å². The molecule has 0 atom stereocenters. The fourth-order valence-corrected chi connectivity index (χ4v) is 2.60. The molecule has 3 rings (SSSR count). The van der Waals surface area contributed by atoms with E-state index >= 15 is 0 Å². The van der Waals surface area contributed by atoms with Crippen LogP contribution in [0.5, 0.6) is 0 Å². The van der Waals surface area contributed by atoms with Crippen LogP contribution in [0.1, 0.15) is 5.56 Å². The molecule has 27 heavy (non-hydrogen) atoms. The maximum absolute atomic E-state index is 13.4. The Morgan fingerprint density at radius 1 is 1.00 bits per heavy atom. The minimum absolute atomic E-state index is 0.00860. The second kappa shape index (κ2) is 7.51. The second-order valence-electron chi connectivity index (χ2n) is 5.60. The molecule has 4 nitrogen and oxygen atoms in total. The minimum atomic E-state index is -4.64. The number of rotatable bonds is 4. The SMILES string of the molecule is CN(c1ccc(F)cc1)c1nc(Nc2ccc(Br)cc2)ncc1C(F)(F)F. The third-order valence-electron chi connectivity index (χ3n) is 3.71. The third-order valence-corrected chi connectivity index (χ3v) is 4.23. The molecular weight excluding hydrogens is 428 g/mol. The quantitative estimate of drug-likeness (QED) is 0.512. The van der Waals surface area contributed by atoms with Gasteiger partial charge in [0, 0.05) is 29.1 Å². The molecule has 140 valence electrons. The van der Waals surface area contributed by atoms with Crippen LogP contribution in [-0.4, -0.2) is 17.0 Å². The summed E-state index contributed by atoms with van der Waals surface area (Å²) in [6, 6.07) is 12.1. The summed E-state index contributed by atoms with van der Waals surface area (Å²) >= 11 is 3.31. The predicted molar refractivity (Wildman–Crippen MR) is 98.9 cm³/mol. The Morgan fingerprint density at radius 3 is 2.22 bits per heavy atom. The van der Waals surface area contributed by atoms with Crippen molar-refractivity contribution in [1.29, 1.82) is 0 Å². The van der Waals surface area contributed by atoms with Gasteiger partial charge in [-0.1, -0.05) is 15.9 Å². The highest BCUT2D eigenvalue weighted by atomic mass is 79.9. The number of hydrogen-bond acceptors (Lipinski definition) is 4. The van der Waals surface area contributed by atoms with Crippen molar-refractivity contribution < 1.29 is 17.6 Å². The molecule has 1 heterocycles. The van der Waals surface area contributed by atoms with Gasteiger partial charge in [-0.05, 0) is 48.5 Å². The summed E-state index contributed by atoms with van der Waals surface area (Å²) in [5, 5.41) is 2.87. The van der Waals surface area contributed by atoms with Gasteiger partial charge in [-0.15, -0.1) is 0 Å². The lowest BCUT2D eigenvalue weighted by Gasteiger charge is -2.22. The number of aromatic nitrogens is 2. The first-order valence-electron chi connectivity index (χ1n) is 7.70. The maximum Gasteiger partial charge on any atom is 0.421 e. The van der Waals surface area contributed by atoms with E-state index in [1.54, 1.807) is 24.3 Å². The lowest BCUT2D eigenvalue weighted by molar-refractivity contribution is -0.137. The number of benzene rings is 2. The van der Waals surface area contributed by atoms with Crippen LogP contribution in [0.4, 0.5) is 40.7 Å². The molecule has 0 aliphatic heterocycles. The van der Waals surface area contributed by atoms with Gasteiger partial charge < -0.3 is 10.2 Å². The van der Waals surface area contributed by atoms with Crippen molar-refractivity contribution in [3.63, 3.8) is 0 Å². The topological polar surface area (TPSA) is 41.1 Å². The van der Waals surface area contributed by atoms with Crippen LogP contribution in [0.15, 0.2) is 59.2 Å². The summed E-state index contributed by atoms with van der Waals surface area (Å²) in [6.07, 6.45) is -3.91. The van der Waals surface area contributed by atoms with E-state index < -0.39 is 17.6 Å². The summed E-state index contributed by atoms with van der Waals surface area (Å²) in [5.41, 5.74) is -0.0146. The fourth-order valence-electron chi connectivity index (χ4n) is 2.34. The zero-order valence-corrected chi connectivity index (χ0v) is 15.5. The van der Waals surface area contributed by atoms with Crippen molar-refractivity contribution in [3.8, 4) is 0 Å². The molecule has 1 N–H and O–H groups in total. The van der Waals surface area contributed by atoms with Crippen LogP contribution in [0.2, 0.25) is 0 Å². The normalized spacial score (nSPS) is 11.3. The van der Waals surface area contributed by atoms with Crippen molar-refractivity contribution in [3.05, 3.63) is 70.6 Å². The molecule has 0 bridgehead atoms. The van der Waals surface area contributed by atoms with E-state index in [2.05, 4.69) is 31.2 Å². The van der Waals surface area contributed by atoms with Crippen LogP contribution in [0.25, 0.3) is 0 Å². The van der Waals surface area contributed by atoms with E-state index in [4.69, 9.17) is 0 Å². The molecule has 0 aliphatic carbocycles. The van der Waals surface area contributed by atoms with E-state index in [1.807, 2.05) is 0 Å². The Bertz CT molecular complexity index is 928. The molecule has 0 spiro atoms. The highest BCUT2D eigenvalue weighted by Gasteiger charge is 2.36. The van der Waals surface area contributed by atoms with Crippen LogP contribution < -0.4 is 10.2 Å². The third kappa shape index (κ3) is 4.54. The Labute approximate surface area is 161 Å². The highest BCUT2D eigenvalue weighted by Crippen LogP contribution is 2.37. The van der Waals surface area contributed by atoms with Gasteiger partial charge in [0.05, 0.1) is 0 Å². The average Bonchev–Trinajstić information content (AvgIpc) is 2.63. The van der Waals surface area contributed by atoms with Gasteiger partial charge in [0.25, 0.3) is 0 Å². The van der Waals surface area contributed by atoms with Gasteiger partial charge >= 0.3 is 6.18 Å². The summed E-state index contributed by atoms with van der Waals surface area (Å²) in [6.45, 7) is 0. The number of nitrogens with one attached hydrogen (secondary N) is 1. The average molecular weight is 441 g/mol. The highest BCUT2D eigenvalue weighted by molar-refractivity contribution is 9.10. The van der Waals surface area contributed by atoms with Crippen molar-refractivity contribution in [2.24, 2.45) is 0 Å². The molecule has 0 unspecified atom stereocenters. The zero-order valence-electron chi connectivity index (χ0n) is 13.9. The molecular formula is C18H13BrF4N4. The van der Waals surface area contributed by atoms with E-state index in [0.29, 0.717) is 11.4 Å². The van der Waals surface area contributed by atoms with Crippen LogP contribution in [-0.2, 0) is 6.18 Å². The number of nitrogens with zero attached hydrogens (tertiary/aromatic N) is 3. The van der Waals surface area contributed by atoms with Gasteiger partial charge in [-0.25, -0.2) is 9.37 Å². The van der Waals surface area contributed by atoms with E-state index in [-0.39, 0.29) is 11.8 Å². The van der Waals surface area contributed by atoms with Crippen LogP contribution in [0.3, 0.4) is 0 Å². The second-order valence-corrected chi connectivity index (χ2v) is 6.51. The molecule has 2 aromatic carbocycles. The summed E-state index contributed by atoms with van der Waals surface area (Å²) in [5.74, 6) is -0.818. The van der Waals surface area contributed by atoms with Crippen molar-refractivity contribution in [2.45, 2.75) is 6.18 Å². The molecule has 1 aromatic heterocycles. The van der Waals surface area contributed by atoms with Crippen molar-refractivity contribution >= 4 is 39.1 Å². The van der Waals surface area contributed by atoms with Crippen molar-refractivity contribution in [2.75, 3.05) is 17.3 Å². The van der Waals surface area contributed by atoms with Crippen LogP contribution >= 0.6 is 15.9 Å². The van der Waals surface area contributed by atoms with Crippen molar-refractivity contribution in [1.82, 2.24) is 9.97 Å². The monoisotopic (exact) mass is 440 g/mol. The van der Waals surface area contributed by atoms with Gasteiger partial charge in [-0.2, -0.15) is 18.2 Å². The molecule has 9 heteroatoms. The Hall–Kier alpha value is -2.68. The largest absolute Gasteiger partial charge is 0.421 e. The standard InChI is InChI=1S/C18H13BrF4N4/c1-27(14-8-4-12(20)5-9-14)16-15(18(21,22)23)10-24-17(26-16)25-13-6-2-11(19)3-7-13/h2-10H,1H3,(H,24,25,26). The minimum Gasteiger partial charge on any atom is -0.329 e. The maximum atomic E-state index is 13.4. The molecule has 0 fully saturated rings. The Kier molecular flexibility index (Phi) is 5.31. The molecule has 0 radical (unpaired) electrons. The van der Waals surface area contributed by atoms with Crippen LogP contribution in [0, 0.1) is 5.82 Å². The molecule has 0 aliphatic rings. The van der Waals surface area contributed by atoms with Gasteiger partial charge in [0.1, 0.15) is 11.4 Å². The van der Waals surface area contributed by atoms with E-state index in [0.717, 1.165) is 10.7 Å². The molecule has 3 aromatic rings. The lowest BCUT2D eigenvalue weighted by atomic mass is 10.2.